The second-order valence-corrected chi connectivity index (χ2v) is 12.8. The Labute approximate surface area is 215 Å². The minimum Gasteiger partial charge on any atom is -0.339 e. The third kappa shape index (κ3) is 5.39. The van der Waals surface area contributed by atoms with Gasteiger partial charge >= 0.3 is 6.18 Å². The van der Waals surface area contributed by atoms with Crippen molar-refractivity contribution in [2.24, 2.45) is 5.92 Å². The van der Waals surface area contributed by atoms with Gasteiger partial charge in [-0.15, -0.1) is 0 Å². The van der Waals surface area contributed by atoms with Gasteiger partial charge in [0.25, 0.3) is 11.8 Å². The predicted octanol–water partition coefficient (Wildman–Crippen LogP) is 5.05. The average Bonchev–Trinajstić information content (AvgIpc) is 3.42. The Morgan fingerprint density at radius 1 is 0.811 bits per heavy atom. The van der Waals surface area contributed by atoms with Crippen LogP contribution in [0.3, 0.4) is 0 Å². The summed E-state index contributed by atoms with van der Waals surface area (Å²) in [5, 5.41) is 0. The molecule has 2 aromatic carbocycles. The zero-order chi connectivity index (χ0) is 27.0. The van der Waals surface area contributed by atoms with Crippen molar-refractivity contribution < 1.29 is 31.2 Å². The van der Waals surface area contributed by atoms with E-state index in [9.17, 15) is 31.2 Å². The number of piperidine rings is 1. The van der Waals surface area contributed by atoms with Crippen molar-refractivity contribution in [1.29, 1.82) is 0 Å². The molecule has 2 aliphatic rings. The van der Waals surface area contributed by atoms with E-state index in [1.165, 1.54) is 6.07 Å². The molecule has 2 amide bonds. The molecular formula is C27H31F3N2O4S. The number of nitrogens with zero attached hydrogens (tertiary/aromatic N) is 2. The SMILES string of the molecule is CC(C)(C1CCN(C(=O)c2ccc(C(=O)N3CCCC3)cc2)CC1)S(=O)(=O)c1cccc(C(F)(F)F)c1. The molecule has 0 N–H and O–H groups in total. The Kier molecular flexibility index (Phi) is 7.43. The Balaban J connectivity index is 1.42. The van der Waals surface area contributed by atoms with Crippen molar-refractivity contribution in [3.8, 4) is 0 Å². The van der Waals surface area contributed by atoms with Gasteiger partial charge in [-0.2, -0.15) is 13.2 Å². The molecule has 0 spiro atoms. The van der Waals surface area contributed by atoms with Crippen molar-refractivity contribution in [2.45, 2.75) is 55.3 Å². The van der Waals surface area contributed by atoms with Crippen molar-refractivity contribution >= 4 is 21.7 Å². The lowest BCUT2D eigenvalue weighted by Gasteiger charge is -2.40. The maximum absolute atomic E-state index is 13.4. The lowest BCUT2D eigenvalue weighted by atomic mass is 9.85. The summed E-state index contributed by atoms with van der Waals surface area (Å²) in [6, 6.07) is 10.4. The van der Waals surface area contributed by atoms with Crippen LogP contribution in [-0.2, 0) is 16.0 Å². The summed E-state index contributed by atoms with van der Waals surface area (Å²) in [6.07, 6.45) is -1.83. The fraction of sp³-hybridized carbons (Fsp3) is 0.481. The van der Waals surface area contributed by atoms with E-state index in [1.807, 2.05) is 0 Å². The van der Waals surface area contributed by atoms with Crippen LogP contribution in [0.1, 0.15) is 65.8 Å². The summed E-state index contributed by atoms with van der Waals surface area (Å²) in [5.74, 6) is -0.574. The number of sulfone groups is 1. The summed E-state index contributed by atoms with van der Waals surface area (Å²) >= 11 is 0. The van der Waals surface area contributed by atoms with Gasteiger partial charge in [0.05, 0.1) is 15.2 Å². The van der Waals surface area contributed by atoms with E-state index in [-0.39, 0.29) is 22.6 Å². The third-order valence-electron chi connectivity index (χ3n) is 7.70. The van der Waals surface area contributed by atoms with Gasteiger partial charge in [0.2, 0.25) is 0 Å². The molecule has 200 valence electrons. The van der Waals surface area contributed by atoms with Crippen molar-refractivity contribution in [3.05, 3.63) is 65.2 Å². The van der Waals surface area contributed by atoms with Crippen molar-refractivity contribution in [2.75, 3.05) is 26.2 Å². The highest BCUT2D eigenvalue weighted by atomic mass is 32.2. The second kappa shape index (κ2) is 10.1. The average molecular weight is 537 g/mol. The lowest BCUT2D eigenvalue weighted by Crippen LogP contribution is -2.47. The number of halogens is 3. The van der Waals surface area contributed by atoms with Crippen LogP contribution in [0.2, 0.25) is 0 Å². The number of carbonyl (C=O) groups is 2. The topological polar surface area (TPSA) is 74.8 Å². The fourth-order valence-electron chi connectivity index (χ4n) is 5.18. The number of alkyl halides is 3. The van der Waals surface area contributed by atoms with Crippen LogP contribution in [0, 0.1) is 5.92 Å². The number of rotatable bonds is 5. The molecule has 37 heavy (non-hydrogen) atoms. The smallest absolute Gasteiger partial charge is 0.339 e. The Morgan fingerprint density at radius 2 is 1.30 bits per heavy atom. The van der Waals surface area contributed by atoms with Gasteiger partial charge < -0.3 is 9.80 Å². The summed E-state index contributed by atoms with van der Waals surface area (Å²) in [5.41, 5.74) is -0.0103. The van der Waals surface area contributed by atoms with Crippen LogP contribution in [0.25, 0.3) is 0 Å². The maximum atomic E-state index is 13.4. The fourth-order valence-corrected chi connectivity index (χ4v) is 7.00. The molecular weight excluding hydrogens is 505 g/mol. The highest BCUT2D eigenvalue weighted by molar-refractivity contribution is 7.92. The molecule has 0 aliphatic carbocycles. The first-order valence-corrected chi connectivity index (χ1v) is 13.9. The number of likely N-dealkylation sites (tertiary alicyclic amines) is 2. The van der Waals surface area contributed by atoms with Gasteiger partial charge in [-0.3, -0.25) is 9.59 Å². The van der Waals surface area contributed by atoms with Crippen molar-refractivity contribution in [1.82, 2.24) is 9.80 Å². The third-order valence-corrected chi connectivity index (χ3v) is 10.3. The normalized spacial score (nSPS) is 17.8. The summed E-state index contributed by atoms with van der Waals surface area (Å²) in [4.78, 5) is 28.7. The van der Waals surface area contributed by atoms with Crippen LogP contribution in [-0.4, -0.2) is 61.0 Å². The zero-order valence-electron chi connectivity index (χ0n) is 20.9. The standard InChI is InChI=1S/C27H31F3N2O4S/c1-26(2,37(35,36)23-7-5-6-22(18-23)27(28,29)30)21-12-16-32(17-13-21)25(34)20-10-8-19(9-11-20)24(33)31-14-3-4-15-31/h5-11,18,21H,3-4,12-17H2,1-2H3. The Hall–Kier alpha value is -2.88. The van der Waals surface area contributed by atoms with E-state index in [0.717, 1.165) is 38.1 Å². The van der Waals surface area contributed by atoms with Crippen LogP contribution >= 0.6 is 0 Å². The second-order valence-electron chi connectivity index (χ2n) is 10.3. The van der Waals surface area contributed by atoms with Gasteiger partial charge in [-0.05, 0) is 87.9 Å². The molecule has 0 radical (unpaired) electrons. The monoisotopic (exact) mass is 536 g/mol. The number of benzene rings is 2. The molecule has 2 saturated heterocycles. The molecule has 2 aliphatic heterocycles. The molecule has 0 atom stereocenters. The molecule has 0 saturated carbocycles. The first-order chi connectivity index (χ1) is 17.3. The van der Waals surface area contributed by atoms with Crippen LogP contribution in [0.5, 0.6) is 0 Å². The van der Waals surface area contributed by atoms with Gasteiger partial charge in [-0.25, -0.2) is 8.42 Å². The number of hydrogen-bond donors (Lipinski definition) is 0. The van der Waals surface area contributed by atoms with E-state index < -0.39 is 26.3 Å². The number of amides is 2. The molecule has 0 aromatic heterocycles. The minimum atomic E-state index is -4.64. The van der Waals surface area contributed by atoms with E-state index in [1.54, 1.807) is 47.9 Å². The Morgan fingerprint density at radius 3 is 1.78 bits per heavy atom. The first kappa shape index (κ1) is 27.2. The number of carbonyl (C=O) groups excluding carboxylic acids is 2. The van der Waals surface area contributed by atoms with Crippen LogP contribution in [0.15, 0.2) is 53.4 Å². The van der Waals surface area contributed by atoms with Crippen molar-refractivity contribution in [3.63, 3.8) is 0 Å². The Bertz CT molecular complexity index is 1260. The highest BCUT2D eigenvalue weighted by Gasteiger charge is 2.45. The minimum absolute atomic E-state index is 0.0403. The molecule has 6 nitrogen and oxygen atoms in total. The van der Waals surface area contributed by atoms with E-state index in [2.05, 4.69) is 0 Å². The van der Waals surface area contributed by atoms with Gasteiger partial charge in [0.1, 0.15) is 0 Å². The largest absolute Gasteiger partial charge is 0.416 e. The van der Waals surface area contributed by atoms with Crippen LogP contribution in [0.4, 0.5) is 13.2 Å². The molecule has 2 aromatic rings. The molecule has 0 unspecified atom stereocenters. The first-order valence-electron chi connectivity index (χ1n) is 12.4. The molecule has 4 rings (SSSR count). The summed E-state index contributed by atoms with van der Waals surface area (Å²) < 4.78 is 64.9. The van der Waals surface area contributed by atoms with Gasteiger partial charge in [-0.1, -0.05) is 6.07 Å². The quantitative estimate of drug-likeness (QED) is 0.536. The summed E-state index contributed by atoms with van der Waals surface area (Å²) in [6.45, 7) is 5.24. The maximum Gasteiger partial charge on any atom is 0.416 e. The zero-order valence-corrected chi connectivity index (χ0v) is 21.7. The predicted molar refractivity (Wildman–Crippen MR) is 133 cm³/mol. The molecule has 0 bridgehead atoms. The van der Waals surface area contributed by atoms with E-state index in [0.29, 0.717) is 43.1 Å². The lowest BCUT2D eigenvalue weighted by molar-refractivity contribution is -0.137. The molecule has 2 fully saturated rings. The molecule has 2 heterocycles. The van der Waals surface area contributed by atoms with E-state index >= 15 is 0 Å². The van der Waals surface area contributed by atoms with Crippen LogP contribution < -0.4 is 0 Å². The number of hydrogen-bond acceptors (Lipinski definition) is 4. The molecule has 10 heteroatoms. The highest BCUT2D eigenvalue weighted by Crippen LogP contribution is 2.39. The summed E-state index contributed by atoms with van der Waals surface area (Å²) in [7, 11) is -4.07. The van der Waals surface area contributed by atoms with E-state index in [4.69, 9.17) is 0 Å². The van der Waals surface area contributed by atoms with Gasteiger partial charge in [0.15, 0.2) is 9.84 Å². The van der Waals surface area contributed by atoms with Gasteiger partial charge in [0, 0.05) is 37.3 Å².